The molecule has 0 saturated heterocycles. The molecular weight excluding hydrogens is 349 g/mol. The van der Waals surface area contributed by atoms with Gasteiger partial charge in [0, 0.05) is 25.7 Å². The molecule has 1 N–H and O–H groups in total. The first kappa shape index (κ1) is 19.3. The highest BCUT2D eigenvalue weighted by molar-refractivity contribution is 5.95. The Hall–Kier alpha value is -3.03. The van der Waals surface area contributed by atoms with E-state index >= 15 is 0 Å². The van der Waals surface area contributed by atoms with E-state index in [-0.39, 0.29) is 19.0 Å². The fraction of sp³-hybridized carbons (Fsp3) is 0.222. The van der Waals surface area contributed by atoms with Gasteiger partial charge in [0.2, 0.25) is 5.91 Å². The summed E-state index contributed by atoms with van der Waals surface area (Å²) in [5, 5.41) is 2.38. The van der Waals surface area contributed by atoms with Crippen molar-refractivity contribution in [1.82, 2.24) is 5.32 Å². The number of nitrogens with one attached hydrogen (secondary N) is 1. The third-order valence-corrected chi connectivity index (χ3v) is 3.66. The molecule has 0 aliphatic carbocycles. The summed E-state index contributed by atoms with van der Waals surface area (Å²) in [4.78, 5) is 25.2. The van der Waals surface area contributed by atoms with Gasteiger partial charge >= 0.3 is 0 Å². The Kier molecular flexibility index (Phi) is 6.21. The van der Waals surface area contributed by atoms with Crippen molar-refractivity contribution in [2.45, 2.75) is 6.92 Å². The number of hydrogen-bond donors (Lipinski definition) is 1. The first-order valence-corrected chi connectivity index (χ1v) is 7.69. The van der Waals surface area contributed by atoms with Crippen LogP contribution in [0.1, 0.15) is 17.3 Å². The van der Waals surface area contributed by atoms with Crippen molar-refractivity contribution in [3.63, 3.8) is 0 Å². The van der Waals surface area contributed by atoms with Gasteiger partial charge in [0.25, 0.3) is 5.91 Å². The van der Waals surface area contributed by atoms with Crippen LogP contribution >= 0.6 is 0 Å². The van der Waals surface area contributed by atoms with Crippen LogP contribution in [0, 0.1) is 17.5 Å². The molecule has 0 saturated carbocycles. The topological polar surface area (TPSA) is 58.6 Å². The fourth-order valence-electron chi connectivity index (χ4n) is 2.31. The second kappa shape index (κ2) is 8.37. The third kappa shape index (κ3) is 4.33. The van der Waals surface area contributed by atoms with Crippen LogP contribution in [0.2, 0.25) is 0 Å². The van der Waals surface area contributed by atoms with E-state index in [0.717, 1.165) is 6.07 Å². The molecule has 0 radical (unpaired) electrons. The van der Waals surface area contributed by atoms with Gasteiger partial charge in [-0.2, -0.15) is 0 Å². The number of halogens is 3. The minimum absolute atomic E-state index is 0.0110. The van der Waals surface area contributed by atoms with Crippen molar-refractivity contribution in [1.29, 1.82) is 0 Å². The van der Waals surface area contributed by atoms with Crippen molar-refractivity contribution in [3.05, 3.63) is 59.4 Å². The predicted octanol–water partition coefficient (Wildman–Crippen LogP) is 2.90. The second-order valence-corrected chi connectivity index (χ2v) is 5.35. The lowest BCUT2D eigenvalue weighted by molar-refractivity contribution is -0.116. The summed E-state index contributed by atoms with van der Waals surface area (Å²) in [5.41, 5.74) is -0.0192. The molecule has 2 rings (SSSR count). The Labute approximate surface area is 148 Å². The minimum atomic E-state index is -1.71. The summed E-state index contributed by atoms with van der Waals surface area (Å²) in [6.45, 7) is 1.46. The van der Waals surface area contributed by atoms with Crippen molar-refractivity contribution in [2.24, 2.45) is 0 Å². The van der Waals surface area contributed by atoms with Crippen LogP contribution in [-0.4, -0.2) is 32.0 Å². The molecule has 0 aliphatic heterocycles. The lowest BCUT2D eigenvalue weighted by Crippen LogP contribution is -2.37. The number of hydrogen-bond acceptors (Lipinski definition) is 3. The number of anilines is 1. The molecule has 0 spiro atoms. The molecule has 0 heterocycles. The van der Waals surface area contributed by atoms with Crippen LogP contribution in [0.15, 0.2) is 36.4 Å². The first-order chi connectivity index (χ1) is 12.3. The zero-order valence-corrected chi connectivity index (χ0v) is 14.2. The van der Waals surface area contributed by atoms with Crippen molar-refractivity contribution in [2.75, 3.05) is 25.1 Å². The van der Waals surface area contributed by atoms with E-state index in [0.29, 0.717) is 17.5 Å². The van der Waals surface area contributed by atoms with Gasteiger partial charge in [0.1, 0.15) is 5.75 Å². The number of nitrogens with zero attached hydrogens (tertiary/aromatic N) is 1. The number of amides is 2. The Balaban J connectivity index is 2.02. The number of benzene rings is 2. The van der Waals surface area contributed by atoms with Gasteiger partial charge < -0.3 is 15.0 Å². The Morgan fingerprint density at radius 2 is 1.69 bits per heavy atom. The van der Waals surface area contributed by atoms with Gasteiger partial charge in [-0.3, -0.25) is 9.59 Å². The Bertz CT molecular complexity index is 810. The highest BCUT2D eigenvalue weighted by Gasteiger charge is 2.19. The van der Waals surface area contributed by atoms with E-state index in [1.54, 1.807) is 24.3 Å². The monoisotopic (exact) mass is 366 g/mol. The maximum Gasteiger partial charge on any atom is 0.254 e. The molecule has 8 heteroatoms. The van der Waals surface area contributed by atoms with Crippen LogP contribution in [0.25, 0.3) is 0 Å². The summed E-state index contributed by atoms with van der Waals surface area (Å²) >= 11 is 0. The minimum Gasteiger partial charge on any atom is -0.497 e. The van der Waals surface area contributed by atoms with Gasteiger partial charge in [0.05, 0.1) is 12.7 Å². The van der Waals surface area contributed by atoms with Crippen LogP contribution in [0.5, 0.6) is 5.75 Å². The van der Waals surface area contributed by atoms with Crippen molar-refractivity contribution < 1.29 is 27.5 Å². The molecule has 2 amide bonds. The molecule has 2 aromatic rings. The number of methoxy groups -OCH3 is 1. The van der Waals surface area contributed by atoms with Gasteiger partial charge in [-0.15, -0.1) is 0 Å². The molecule has 0 aromatic heterocycles. The molecule has 5 nitrogen and oxygen atoms in total. The Morgan fingerprint density at radius 3 is 2.27 bits per heavy atom. The largest absolute Gasteiger partial charge is 0.497 e. The van der Waals surface area contributed by atoms with E-state index in [1.807, 2.05) is 0 Å². The first-order valence-electron chi connectivity index (χ1n) is 7.69. The lowest BCUT2D eigenvalue weighted by atomic mass is 10.2. The number of rotatable bonds is 6. The van der Waals surface area contributed by atoms with E-state index < -0.39 is 28.9 Å². The summed E-state index contributed by atoms with van der Waals surface area (Å²) in [5.74, 6) is -5.17. The third-order valence-electron chi connectivity index (χ3n) is 3.66. The van der Waals surface area contributed by atoms with E-state index in [4.69, 9.17) is 4.74 Å². The highest BCUT2D eigenvalue weighted by Crippen LogP contribution is 2.19. The smallest absolute Gasteiger partial charge is 0.254 e. The number of carbonyl (C=O) groups is 2. The van der Waals surface area contributed by atoms with Gasteiger partial charge in [-0.25, -0.2) is 13.2 Å². The molecule has 0 aliphatic rings. The highest BCUT2D eigenvalue weighted by atomic mass is 19.2. The molecule has 0 fully saturated rings. The van der Waals surface area contributed by atoms with Gasteiger partial charge in [-0.05, 0) is 36.4 Å². The van der Waals surface area contributed by atoms with Crippen LogP contribution in [0.4, 0.5) is 18.9 Å². The van der Waals surface area contributed by atoms with Crippen molar-refractivity contribution in [3.8, 4) is 5.75 Å². The molecule has 2 aromatic carbocycles. The van der Waals surface area contributed by atoms with E-state index in [9.17, 15) is 22.8 Å². The van der Waals surface area contributed by atoms with Crippen LogP contribution in [0.3, 0.4) is 0 Å². The summed E-state index contributed by atoms with van der Waals surface area (Å²) < 4.78 is 44.8. The SMILES string of the molecule is COc1ccc(N(CCNC(=O)c2ccc(F)c(F)c2F)C(C)=O)cc1. The van der Waals surface area contributed by atoms with Crippen molar-refractivity contribution >= 4 is 17.5 Å². The van der Waals surface area contributed by atoms with Gasteiger partial charge in [-0.1, -0.05) is 0 Å². The molecule has 0 unspecified atom stereocenters. The molecular formula is C18H17F3N2O3. The van der Waals surface area contributed by atoms with Crippen LogP contribution < -0.4 is 15.0 Å². The second-order valence-electron chi connectivity index (χ2n) is 5.35. The lowest BCUT2D eigenvalue weighted by Gasteiger charge is -2.21. The molecule has 138 valence electrons. The molecule has 0 bridgehead atoms. The summed E-state index contributed by atoms with van der Waals surface area (Å²) in [7, 11) is 1.52. The average molecular weight is 366 g/mol. The number of ether oxygens (including phenoxy) is 1. The van der Waals surface area contributed by atoms with Gasteiger partial charge in [0.15, 0.2) is 17.5 Å². The summed E-state index contributed by atoms with van der Waals surface area (Å²) in [6.07, 6.45) is 0. The fourth-order valence-corrected chi connectivity index (χ4v) is 2.31. The quantitative estimate of drug-likeness (QED) is 0.800. The Morgan fingerprint density at radius 1 is 1.04 bits per heavy atom. The zero-order chi connectivity index (χ0) is 19.3. The van der Waals surface area contributed by atoms with E-state index in [1.165, 1.54) is 18.9 Å². The molecule has 0 atom stereocenters. The van der Waals surface area contributed by atoms with E-state index in [2.05, 4.69) is 5.32 Å². The maximum atomic E-state index is 13.6. The standard InChI is InChI=1S/C18H17F3N2O3/c1-11(24)23(12-3-5-13(26-2)6-4-12)10-9-22-18(25)14-7-8-15(19)17(21)16(14)20/h3-8H,9-10H2,1-2H3,(H,22,25). The zero-order valence-electron chi connectivity index (χ0n) is 14.2. The maximum absolute atomic E-state index is 13.6. The summed E-state index contributed by atoms with van der Waals surface area (Å²) in [6, 6.07) is 8.25. The predicted molar refractivity (Wildman–Crippen MR) is 89.7 cm³/mol. The average Bonchev–Trinajstić information content (AvgIpc) is 2.63. The number of carbonyl (C=O) groups excluding carboxylic acids is 2. The normalized spacial score (nSPS) is 10.3. The molecule has 26 heavy (non-hydrogen) atoms. The van der Waals surface area contributed by atoms with Crippen LogP contribution in [-0.2, 0) is 4.79 Å².